The third-order valence-electron chi connectivity index (χ3n) is 6.99. The van der Waals surface area contributed by atoms with Crippen LogP contribution in [-0.4, -0.2) is 46.1 Å². The lowest BCUT2D eigenvalue weighted by Crippen LogP contribution is -2.45. The Morgan fingerprint density at radius 1 is 0.676 bits per heavy atom. The van der Waals surface area contributed by atoms with Gasteiger partial charge in [-0.2, -0.15) is 0 Å². The first-order valence-electron chi connectivity index (χ1n) is 15.6. The Morgan fingerprint density at radius 3 is 1.73 bits per heavy atom. The number of aliphatic hydroxyl groups excluding tert-OH is 3. The van der Waals surface area contributed by atoms with Crippen LogP contribution in [-0.2, 0) is 4.79 Å². The maximum atomic E-state index is 12.2. The molecule has 0 aromatic carbocycles. The molecule has 0 fully saturated rings. The minimum absolute atomic E-state index is 0.00743. The van der Waals surface area contributed by atoms with Crippen LogP contribution in [0.3, 0.4) is 0 Å². The number of carbonyl (C=O) groups excluding carboxylic acids is 1. The molecule has 0 bridgehead atoms. The zero-order chi connectivity index (χ0) is 27.4. The summed E-state index contributed by atoms with van der Waals surface area (Å²) in [5, 5.41) is 32.7. The van der Waals surface area contributed by atoms with Crippen LogP contribution < -0.4 is 5.32 Å². The number of rotatable bonds is 27. The summed E-state index contributed by atoms with van der Waals surface area (Å²) < 4.78 is 0. The Kier molecular flexibility index (Phi) is 27.0. The standard InChI is InChI=1S/C32H61NO4/c1-3-5-7-9-11-13-14-15-16-18-20-22-24-26-31(36)30(28-34)33-32(37)27-29(35)25-23-21-19-17-12-10-8-6-4-2/h16,18,24,26,29-31,34-36H,3-15,17,19-23,25,27-28H2,1-2H3,(H,33,37)/b18-16+,26-24+. The van der Waals surface area contributed by atoms with Crippen molar-refractivity contribution in [2.75, 3.05) is 6.61 Å². The van der Waals surface area contributed by atoms with Crippen molar-refractivity contribution in [1.29, 1.82) is 0 Å². The largest absolute Gasteiger partial charge is 0.394 e. The molecule has 0 aliphatic rings. The van der Waals surface area contributed by atoms with Gasteiger partial charge in [-0.25, -0.2) is 0 Å². The van der Waals surface area contributed by atoms with E-state index in [0.717, 1.165) is 32.1 Å². The zero-order valence-electron chi connectivity index (χ0n) is 24.3. The van der Waals surface area contributed by atoms with E-state index in [9.17, 15) is 20.1 Å². The summed E-state index contributed by atoms with van der Waals surface area (Å²) in [6.07, 6.45) is 30.1. The van der Waals surface area contributed by atoms with Gasteiger partial charge < -0.3 is 20.6 Å². The van der Waals surface area contributed by atoms with Crippen LogP contribution in [0.1, 0.15) is 149 Å². The lowest BCUT2D eigenvalue weighted by molar-refractivity contribution is -0.124. The fourth-order valence-electron chi connectivity index (χ4n) is 4.53. The molecule has 0 saturated carbocycles. The van der Waals surface area contributed by atoms with Gasteiger partial charge in [0, 0.05) is 0 Å². The summed E-state index contributed by atoms with van der Waals surface area (Å²) >= 11 is 0. The number of allylic oxidation sites excluding steroid dienone is 3. The molecule has 5 heteroatoms. The van der Waals surface area contributed by atoms with Crippen molar-refractivity contribution in [2.24, 2.45) is 0 Å². The highest BCUT2D eigenvalue weighted by atomic mass is 16.3. The van der Waals surface area contributed by atoms with E-state index >= 15 is 0 Å². The topological polar surface area (TPSA) is 89.8 Å². The SMILES string of the molecule is CCCCCCCCC/C=C/CC/C=C/C(O)C(CO)NC(=O)CC(O)CCCCCCCCCCC. The second-order valence-corrected chi connectivity index (χ2v) is 10.7. The first-order valence-corrected chi connectivity index (χ1v) is 15.6. The molecule has 0 aromatic heterocycles. The van der Waals surface area contributed by atoms with Crippen LogP contribution in [0.2, 0.25) is 0 Å². The number of amides is 1. The molecule has 0 saturated heterocycles. The highest BCUT2D eigenvalue weighted by molar-refractivity contribution is 5.76. The molecule has 0 aliphatic heterocycles. The van der Waals surface area contributed by atoms with Crippen molar-refractivity contribution in [1.82, 2.24) is 5.32 Å². The first kappa shape index (κ1) is 35.8. The van der Waals surface area contributed by atoms with Crippen molar-refractivity contribution < 1.29 is 20.1 Å². The molecular formula is C32H61NO4. The van der Waals surface area contributed by atoms with Gasteiger partial charge in [0.15, 0.2) is 0 Å². The van der Waals surface area contributed by atoms with Gasteiger partial charge in [-0.15, -0.1) is 0 Å². The van der Waals surface area contributed by atoms with Crippen molar-refractivity contribution in [3.8, 4) is 0 Å². The maximum absolute atomic E-state index is 12.2. The van der Waals surface area contributed by atoms with Gasteiger partial charge in [-0.1, -0.05) is 134 Å². The van der Waals surface area contributed by atoms with E-state index in [4.69, 9.17) is 0 Å². The molecular weight excluding hydrogens is 462 g/mol. The highest BCUT2D eigenvalue weighted by Crippen LogP contribution is 2.13. The number of hydrogen-bond acceptors (Lipinski definition) is 4. The Balaban J connectivity index is 3.87. The van der Waals surface area contributed by atoms with Gasteiger partial charge in [-0.3, -0.25) is 4.79 Å². The predicted molar refractivity (Wildman–Crippen MR) is 158 cm³/mol. The monoisotopic (exact) mass is 523 g/mol. The fraction of sp³-hybridized carbons (Fsp3) is 0.844. The van der Waals surface area contributed by atoms with Gasteiger partial charge in [-0.05, 0) is 32.1 Å². The Labute approximate surface area is 229 Å². The number of hydrogen-bond donors (Lipinski definition) is 4. The van der Waals surface area contributed by atoms with Crippen molar-refractivity contribution in [3.05, 3.63) is 24.3 Å². The summed E-state index contributed by atoms with van der Waals surface area (Å²) in [6.45, 7) is 4.13. The molecule has 218 valence electrons. The van der Waals surface area contributed by atoms with Crippen molar-refractivity contribution >= 4 is 5.91 Å². The second kappa shape index (κ2) is 27.9. The molecule has 1 amide bonds. The van der Waals surface area contributed by atoms with E-state index in [-0.39, 0.29) is 18.9 Å². The van der Waals surface area contributed by atoms with Gasteiger partial charge >= 0.3 is 0 Å². The number of aliphatic hydroxyl groups is 3. The van der Waals surface area contributed by atoms with E-state index in [0.29, 0.717) is 6.42 Å². The van der Waals surface area contributed by atoms with Gasteiger partial charge in [0.05, 0.1) is 31.3 Å². The first-order chi connectivity index (χ1) is 18.0. The third kappa shape index (κ3) is 24.9. The van der Waals surface area contributed by atoms with E-state index in [1.54, 1.807) is 6.08 Å². The van der Waals surface area contributed by atoms with E-state index < -0.39 is 18.2 Å². The molecule has 0 spiro atoms. The zero-order valence-corrected chi connectivity index (χ0v) is 24.3. The predicted octanol–water partition coefficient (Wildman–Crippen LogP) is 7.53. The van der Waals surface area contributed by atoms with Crippen LogP contribution in [0.25, 0.3) is 0 Å². The van der Waals surface area contributed by atoms with E-state index in [1.165, 1.54) is 89.9 Å². The fourth-order valence-corrected chi connectivity index (χ4v) is 4.53. The van der Waals surface area contributed by atoms with Gasteiger partial charge in [0.25, 0.3) is 0 Å². The minimum atomic E-state index is -0.944. The number of nitrogens with one attached hydrogen (secondary N) is 1. The molecule has 3 atom stereocenters. The van der Waals surface area contributed by atoms with Crippen LogP contribution in [0.4, 0.5) is 0 Å². The van der Waals surface area contributed by atoms with Crippen molar-refractivity contribution in [3.63, 3.8) is 0 Å². The summed E-state index contributed by atoms with van der Waals surface area (Å²) in [7, 11) is 0. The Morgan fingerprint density at radius 2 is 1.16 bits per heavy atom. The Bertz CT molecular complexity index is 549. The smallest absolute Gasteiger partial charge is 0.222 e. The summed E-state index contributed by atoms with van der Waals surface area (Å²) in [5.41, 5.74) is 0. The summed E-state index contributed by atoms with van der Waals surface area (Å²) in [4.78, 5) is 12.2. The van der Waals surface area contributed by atoms with Crippen molar-refractivity contribution in [2.45, 2.75) is 167 Å². The lowest BCUT2D eigenvalue weighted by atomic mass is 10.0. The molecule has 0 heterocycles. The molecule has 5 nitrogen and oxygen atoms in total. The van der Waals surface area contributed by atoms with Crippen LogP contribution in [0.15, 0.2) is 24.3 Å². The summed E-state index contributed by atoms with van der Waals surface area (Å²) in [5.74, 6) is -0.330. The van der Waals surface area contributed by atoms with Gasteiger partial charge in [0.2, 0.25) is 5.91 Å². The molecule has 0 rings (SSSR count). The molecule has 4 N–H and O–H groups in total. The number of carbonyl (C=O) groups is 1. The second-order valence-electron chi connectivity index (χ2n) is 10.7. The third-order valence-corrected chi connectivity index (χ3v) is 6.99. The maximum Gasteiger partial charge on any atom is 0.222 e. The quantitative estimate of drug-likeness (QED) is 0.0661. The normalized spacial score (nSPS) is 14.4. The molecule has 0 aromatic rings. The Hall–Kier alpha value is -1.17. The molecule has 37 heavy (non-hydrogen) atoms. The van der Waals surface area contributed by atoms with Gasteiger partial charge in [0.1, 0.15) is 0 Å². The molecule has 3 unspecified atom stereocenters. The number of unbranched alkanes of at least 4 members (excludes halogenated alkanes) is 16. The van der Waals surface area contributed by atoms with E-state index in [1.807, 2.05) is 6.08 Å². The van der Waals surface area contributed by atoms with Crippen LogP contribution in [0, 0.1) is 0 Å². The minimum Gasteiger partial charge on any atom is -0.394 e. The average Bonchev–Trinajstić information content (AvgIpc) is 2.88. The lowest BCUT2D eigenvalue weighted by Gasteiger charge is -2.21. The summed E-state index contributed by atoms with van der Waals surface area (Å²) in [6, 6.07) is -0.753. The highest BCUT2D eigenvalue weighted by Gasteiger charge is 2.20. The average molecular weight is 524 g/mol. The van der Waals surface area contributed by atoms with E-state index in [2.05, 4.69) is 31.3 Å². The van der Waals surface area contributed by atoms with Crippen LogP contribution >= 0.6 is 0 Å². The van der Waals surface area contributed by atoms with Crippen LogP contribution in [0.5, 0.6) is 0 Å². The molecule has 0 radical (unpaired) electrons. The molecule has 0 aliphatic carbocycles.